The summed E-state index contributed by atoms with van der Waals surface area (Å²) in [4.78, 5) is 4.54. The number of thioether (sulfide) groups is 1. The fraction of sp³-hybridized carbons (Fsp3) is 0.462. The Kier molecular flexibility index (Phi) is 5.67. The second-order valence-electron chi connectivity index (χ2n) is 4.16. The lowest BCUT2D eigenvalue weighted by Crippen LogP contribution is -2.38. The van der Waals surface area contributed by atoms with Gasteiger partial charge in [-0.3, -0.25) is 4.40 Å². The lowest BCUT2D eigenvalue weighted by atomic mass is 10.4. The van der Waals surface area contributed by atoms with Gasteiger partial charge in [0.1, 0.15) is 6.54 Å². The van der Waals surface area contributed by atoms with Crippen LogP contribution in [-0.4, -0.2) is 45.7 Å². The van der Waals surface area contributed by atoms with Gasteiger partial charge in [-0.15, -0.1) is 10.2 Å². The summed E-state index contributed by atoms with van der Waals surface area (Å²) < 4.78 is 1.95. The number of guanidine groups is 1. The standard InChI is InChI=1S/C13H20N6S/c1-3-14-13(15-7-9-20-2)16-10-12-18-17-11-6-4-5-8-19(11)12/h4-6,8H,3,7,9-10H2,1-2H3,(H2,14,15,16). The van der Waals surface area contributed by atoms with Gasteiger partial charge >= 0.3 is 0 Å². The zero-order chi connectivity index (χ0) is 14.2. The van der Waals surface area contributed by atoms with Gasteiger partial charge in [0.2, 0.25) is 0 Å². The van der Waals surface area contributed by atoms with Crippen molar-refractivity contribution < 1.29 is 0 Å². The van der Waals surface area contributed by atoms with E-state index < -0.39 is 0 Å². The van der Waals surface area contributed by atoms with Gasteiger partial charge in [-0.25, -0.2) is 4.99 Å². The van der Waals surface area contributed by atoms with Crippen LogP contribution < -0.4 is 10.6 Å². The molecule has 0 unspecified atom stereocenters. The van der Waals surface area contributed by atoms with Crippen LogP contribution in [0.4, 0.5) is 0 Å². The van der Waals surface area contributed by atoms with Crippen LogP contribution in [0, 0.1) is 0 Å². The van der Waals surface area contributed by atoms with Gasteiger partial charge in [-0.05, 0) is 25.3 Å². The minimum Gasteiger partial charge on any atom is -0.357 e. The van der Waals surface area contributed by atoms with Crippen LogP contribution in [0.25, 0.3) is 5.65 Å². The van der Waals surface area contributed by atoms with Crippen molar-refractivity contribution in [1.82, 2.24) is 25.2 Å². The molecule has 108 valence electrons. The molecule has 20 heavy (non-hydrogen) atoms. The van der Waals surface area contributed by atoms with E-state index in [4.69, 9.17) is 0 Å². The molecule has 0 bridgehead atoms. The predicted octanol–water partition coefficient (Wildman–Crippen LogP) is 1.15. The van der Waals surface area contributed by atoms with E-state index in [9.17, 15) is 0 Å². The molecular formula is C13H20N6S. The smallest absolute Gasteiger partial charge is 0.191 e. The molecule has 0 atom stereocenters. The number of hydrogen-bond donors (Lipinski definition) is 2. The molecule has 6 nitrogen and oxygen atoms in total. The molecule has 2 rings (SSSR count). The Balaban J connectivity index is 2.04. The lowest BCUT2D eigenvalue weighted by molar-refractivity contribution is 0.818. The Morgan fingerprint density at radius 3 is 3.05 bits per heavy atom. The fourth-order valence-corrected chi connectivity index (χ4v) is 2.07. The molecule has 0 saturated heterocycles. The monoisotopic (exact) mass is 292 g/mol. The fourth-order valence-electron chi connectivity index (χ4n) is 1.76. The first kappa shape index (κ1) is 14.6. The lowest BCUT2D eigenvalue weighted by Gasteiger charge is -2.10. The van der Waals surface area contributed by atoms with Crippen LogP contribution in [0.2, 0.25) is 0 Å². The van der Waals surface area contributed by atoms with Crippen molar-refractivity contribution in [3.8, 4) is 0 Å². The second kappa shape index (κ2) is 7.74. The molecule has 2 aromatic rings. The summed E-state index contributed by atoms with van der Waals surface area (Å²) in [7, 11) is 0. The quantitative estimate of drug-likeness (QED) is 0.475. The van der Waals surface area contributed by atoms with Gasteiger partial charge in [-0.1, -0.05) is 6.07 Å². The van der Waals surface area contributed by atoms with E-state index in [1.54, 1.807) is 0 Å². The van der Waals surface area contributed by atoms with Crippen molar-refractivity contribution in [2.75, 3.05) is 25.1 Å². The molecule has 0 aliphatic rings. The van der Waals surface area contributed by atoms with E-state index in [1.165, 1.54) is 0 Å². The first-order valence-electron chi connectivity index (χ1n) is 6.65. The van der Waals surface area contributed by atoms with Crippen molar-refractivity contribution >= 4 is 23.4 Å². The summed E-state index contributed by atoms with van der Waals surface area (Å²) in [6.45, 7) is 4.29. The van der Waals surface area contributed by atoms with Crippen LogP contribution in [0.5, 0.6) is 0 Å². The zero-order valence-corrected chi connectivity index (χ0v) is 12.7. The Morgan fingerprint density at radius 2 is 2.25 bits per heavy atom. The number of aromatic nitrogens is 3. The van der Waals surface area contributed by atoms with Crippen LogP contribution in [0.1, 0.15) is 12.7 Å². The largest absolute Gasteiger partial charge is 0.357 e. The number of pyridine rings is 1. The van der Waals surface area contributed by atoms with Crippen LogP contribution in [-0.2, 0) is 6.54 Å². The molecule has 0 aliphatic carbocycles. The highest BCUT2D eigenvalue weighted by molar-refractivity contribution is 7.98. The Labute approximate surface area is 123 Å². The number of rotatable bonds is 6. The SMILES string of the molecule is CCNC(=NCc1nnc2ccccn12)NCCSC. The van der Waals surface area contributed by atoms with E-state index in [0.29, 0.717) is 6.54 Å². The van der Waals surface area contributed by atoms with Crippen LogP contribution in [0.15, 0.2) is 29.4 Å². The second-order valence-corrected chi connectivity index (χ2v) is 5.15. The molecule has 2 aromatic heterocycles. The predicted molar refractivity (Wildman–Crippen MR) is 84.2 cm³/mol. The molecule has 0 radical (unpaired) electrons. The Morgan fingerprint density at radius 1 is 1.35 bits per heavy atom. The maximum atomic E-state index is 4.54. The van der Waals surface area contributed by atoms with Crippen molar-refractivity contribution in [1.29, 1.82) is 0 Å². The minimum absolute atomic E-state index is 0.500. The number of hydrogen-bond acceptors (Lipinski definition) is 4. The van der Waals surface area contributed by atoms with Crippen LogP contribution in [0.3, 0.4) is 0 Å². The van der Waals surface area contributed by atoms with Gasteiger partial charge in [0.05, 0.1) is 0 Å². The molecule has 0 saturated carbocycles. The normalized spacial score (nSPS) is 11.8. The molecule has 7 heteroatoms. The Bertz CT molecular complexity index is 565. The highest BCUT2D eigenvalue weighted by Crippen LogP contribution is 2.03. The van der Waals surface area contributed by atoms with Gasteiger partial charge < -0.3 is 10.6 Å². The summed E-state index contributed by atoms with van der Waals surface area (Å²) in [6.07, 6.45) is 4.04. The highest BCUT2D eigenvalue weighted by Gasteiger charge is 2.04. The van der Waals surface area contributed by atoms with E-state index in [-0.39, 0.29) is 0 Å². The van der Waals surface area contributed by atoms with Gasteiger partial charge in [0, 0.05) is 25.0 Å². The van der Waals surface area contributed by atoms with E-state index >= 15 is 0 Å². The van der Waals surface area contributed by atoms with Crippen LogP contribution >= 0.6 is 11.8 Å². The highest BCUT2D eigenvalue weighted by atomic mass is 32.2. The molecule has 0 aromatic carbocycles. The molecule has 2 heterocycles. The summed E-state index contributed by atoms with van der Waals surface area (Å²) in [5.74, 6) is 2.70. The van der Waals surface area contributed by atoms with E-state index in [2.05, 4.69) is 39.0 Å². The Hall–Kier alpha value is -1.76. The number of nitrogens with zero attached hydrogens (tertiary/aromatic N) is 4. The van der Waals surface area contributed by atoms with Gasteiger partial charge in [-0.2, -0.15) is 11.8 Å². The molecular weight excluding hydrogens is 272 g/mol. The van der Waals surface area contributed by atoms with E-state index in [1.807, 2.05) is 40.6 Å². The van der Waals surface area contributed by atoms with E-state index in [0.717, 1.165) is 36.3 Å². The molecule has 2 N–H and O–H groups in total. The van der Waals surface area contributed by atoms with Crippen molar-refractivity contribution in [2.24, 2.45) is 4.99 Å². The zero-order valence-electron chi connectivity index (χ0n) is 11.8. The summed E-state index contributed by atoms with van der Waals surface area (Å²) in [5, 5.41) is 14.8. The summed E-state index contributed by atoms with van der Waals surface area (Å²) in [6, 6.07) is 5.85. The number of fused-ring (bicyclic) bond motifs is 1. The summed E-state index contributed by atoms with van der Waals surface area (Å²) in [5.41, 5.74) is 0.845. The number of nitrogens with one attached hydrogen (secondary N) is 2. The maximum Gasteiger partial charge on any atom is 0.191 e. The topological polar surface area (TPSA) is 66.6 Å². The van der Waals surface area contributed by atoms with Gasteiger partial charge in [0.15, 0.2) is 17.4 Å². The van der Waals surface area contributed by atoms with Crippen molar-refractivity contribution in [3.05, 3.63) is 30.2 Å². The average Bonchev–Trinajstić information content (AvgIpc) is 2.88. The average molecular weight is 292 g/mol. The molecule has 0 fully saturated rings. The maximum absolute atomic E-state index is 4.54. The number of aliphatic imine (C=N–C) groups is 1. The third-order valence-electron chi connectivity index (χ3n) is 2.71. The molecule has 0 amide bonds. The first-order valence-corrected chi connectivity index (χ1v) is 8.04. The molecule has 0 aliphatic heterocycles. The third-order valence-corrected chi connectivity index (χ3v) is 3.32. The van der Waals surface area contributed by atoms with Gasteiger partial charge in [0.25, 0.3) is 0 Å². The van der Waals surface area contributed by atoms with Crippen molar-refractivity contribution in [3.63, 3.8) is 0 Å². The first-order chi connectivity index (χ1) is 9.85. The van der Waals surface area contributed by atoms with Crippen molar-refractivity contribution in [2.45, 2.75) is 13.5 Å². The molecule has 0 spiro atoms. The summed E-state index contributed by atoms with van der Waals surface area (Å²) >= 11 is 1.81. The minimum atomic E-state index is 0.500. The third kappa shape index (κ3) is 3.86.